The summed E-state index contributed by atoms with van der Waals surface area (Å²) in [5, 5.41) is 6.21. The SMILES string of the molecule is Cc1ccc(NC2C(=O)Nc3cccc(Br)c32)cc1I. The van der Waals surface area contributed by atoms with Crippen LogP contribution in [0.5, 0.6) is 0 Å². The summed E-state index contributed by atoms with van der Waals surface area (Å²) >= 11 is 5.82. The van der Waals surface area contributed by atoms with E-state index in [1.54, 1.807) is 0 Å². The van der Waals surface area contributed by atoms with E-state index in [1.165, 1.54) is 9.13 Å². The van der Waals surface area contributed by atoms with Crippen molar-refractivity contribution in [2.75, 3.05) is 10.6 Å². The first-order chi connectivity index (χ1) is 9.56. The molecule has 1 unspecified atom stereocenters. The van der Waals surface area contributed by atoms with Gasteiger partial charge in [0.05, 0.1) is 0 Å². The number of nitrogens with one attached hydrogen (secondary N) is 2. The van der Waals surface area contributed by atoms with Crippen molar-refractivity contribution in [3.05, 3.63) is 55.6 Å². The Morgan fingerprint density at radius 1 is 1.30 bits per heavy atom. The Morgan fingerprint density at radius 2 is 2.10 bits per heavy atom. The maximum Gasteiger partial charge on any atom is 0.251 e. The largest absolute Gasteiger partial charge is 0.370 e. The summed E-state index contributed by atoms with van der Waals surface area (Å²) in [6, 6.07) is 11.5. The molecule has 0 saturated heterocycles. The lowest BCUT2D eigenvalue weighted by molar-refractivity contribution is -0.116. The molecule has 5 heteroatoms. The fourth-order valence-electron chi connectivity index (χ4n) is 2.26. The number of carbonyl (C=O) groups excluding carboxylic acids is 1. The normalized spacial score (nSPS) is 16.8. The Bertz CT molecular complexity index is 702. The molecule has 1 aliphatic heterocycles. The highest BCUT2D eigenvalue weighted by atomic mass is 127. The Hall–Kier alpha value is -1.08. The van der Waals surface area contributed by atoms with Crippen LogP contribution in [0.25, 0.3) is 0 Å². The number of amides is 1. The lowest BCUT2D eigenvalue weighted by atomic mass is 10.1. The van der Waals surface area contributed by atoms with Crippen molar-refractivity contribution in [2.24, 2.45) is 0 Å². The summed E-state index contributed by atoms with van der Waals surface area (Å²) in [5.41, 5.74) is 4.01. The van der Waals surface area contributed by atoms with Crippen LogP contribution in [0.4, 0.5) is 11.4 Å². The number of benzene rings is 2. The molecule has 0 fully saturated rings. The zero-order valence-electron chi connectivity index (χ0n) is 10.7. The lowest BCUT2D eigenvalue weighted by Crippen LogP contribution is -2.20. The Labute approximate surface area is 139 Å². The molecular formula is C15H12BrIN2O. The topological polar surface area (TPSA) is 41.1 Å². The van der Waals surface area contributed by atoms with Gasteiger partial charge in [-0.05, 0) is 59.3 Å². The minimum absolute atomic E-state index is 0.0255. The first-order valence-corrected chi connectivity index (χ1v) is 8.05. The maximum atomic E-state index is 12.1. The molecule has 0 saturated carbocycles. The number of hydrogen-bond acceptors (Lipinski definition) is 2. The molecule has 0 radical (unpaired) electrons. The minimum atomic E-state index is -0.362. The number of rotatable bonds is 2. The highest BCUT2D eigenvalue weighted by Gasteiger charge is 2.32. The van der Waals surface area contributed by atoms with E-state index in [9.17, 15) is 4.79 Å². The molecule has 3 rings (SSSR count). The van der Waals surface area contributed by atoms with Gasteiger partial charge in [0.2, 0.25) is 0 Å². The van der Waals surface area contributed by atoms with E-state index in [2.05, 4.69) is 68.2 Å². The van der Waals surface area contributed by atoms with E-state index < -0.39 is 0 Å². The van der Waals surface area contributed by atoms with E-state index in [0.717, 1.165) is 21.4 Å². The third-order valence-electron chi connectivity index (χ3n) is 3.34. The Morgan fingerprint density at radius 3 is 2.85 bits per heavy atom. The Balaban J connectivity index is 1.96. The highest BCUT2D eigenvalue weighted by Crippen LogP contribution is 2.38. The van der Waals surface area contributed by atoms with Crippen molar-refractivity contribution in [1.82, 2.24) is 0 Å². The maximum absolute atomic E-state index is 12.1. The highest BCUT2D eigenvalue weighted by molar-refractivity contribution is 14.1. The molecule has 1 atom stereocenters. The van der Waals surface area contributed by atoms with Crippen LogP contribution in [0.1, 0.15) is 17.2 Å². The van der Waals surface area contributed by atoms with E-state index in [1.807, 2.05) is 24.3 Å². The lowest BCUT2D eigenvalue weighted by Gasteiger charge is -2.15. The summed E-state index contributed by atoms with van der Waals surface area (Å²) in [6.07, 6.45) is 0. The summed E-state index contributed by atoms with van der Waals surface area (Å²) < 4.78 is 2.12. The van der Waals surface area contributed by atoms with E-state index in [-0.39, 0.29) is 11.9 Å². The van der Waals surface area contributed by atoms with Crippen LogP contribution in [0, 0.1) is 10.5 Å². The molecule has 1 aliphatic rings. The average Bonchev–Trinajstić information content (AvgIpc) is 2.72. The molecule has 2 N–H and O–H groups in total. The monoisotopic (exact) mass is 442 g/mol. The second-order valence-corrected chi connectivity index (χ2v) is 6.75. The standard InChI is InChI=1S/C15H12BrIN2O/c1-8-5-6-9(7-11(8)17)18-14-13-10(16)3-2-4-12(13)19-15(14)20/h2-7,14,18H,1H3,(H,19,20). The molecule has 20 heavy (non-hydrogen) atoms. The summed E-state index contributed by atoms with van der Waals surface area (Å²) in [4.78, 5) is 12.1. The van der Waals surface area contributed by atoms with Gasteiger partial charge in [-0.25, -0.2) is 0 Å². The zero-order chi connectivity index (χ0) is 14.3. The number of aryl methyl sites for hydroxylation is 1. The van der Waals surface area contributed by atoms with Crippen LogP contribution >= 0.6 is 38.5 Å². The third kappa shape index (κ3) is 2.44. The van der Waals surface area contributed by atoms with E-state index in [4.69, 9.17) is 0 Å². The quantitative estimate of drug-likeness (QED) is 0.674. The third-order valence-corrected chi connectivity index (χ3v) is 5.20. The summed E-state index contributed by atoms with van der Waals surface area (Å²) in [6.45, 7) is 2.07. The first-order valence-electron chi connectivity index (χ1n) is 6.18. The van der Waals surface area contributed by atoms with Crippen LogP contribution < -0.4 is 10.6 Å². The van der Waals surface area contributed by atoms with Crippen LogP contribution in [0.3, 0.4) is 0 Å². The second-order valence-electron chi connectivity index (χ2n) is 4.73. The molecule has 1 heterocycles. The van der Waals surface area contributed by atoms with Crippen molar-refractivity contribution in [1.29, 1.82) is 0 Å². The minimum Gasteiger partial charge on any atom is -0.370 e. The molecule has 0 aromatic heterocycles. The molecule has 2 aromatic rings. The first kappa shape index (κ1) is 13.9. The fraction of sp³-hybridized carbons (Fsp3) is 0.133. The van der Waals surface area contributed by atoms with Gasteiger partial charge in [0.15, 0.2) is 0 Å². The molecule has 0 aliphatic carbocycles. The van der Waals surface area contributed by atoms with Gasteiger partial charge in [0.1, 0.15) is 6.04 Å². The number of hydrogen-bond donors (Lipinski definition) is 2. The number of carbonyl (C=O) groups is 1. The van der Waals surface area contributed by atoms with Gasteiger partial charge in [-0.2, -0.15) is 0 Å². The predicted molar refractivity (Wildman–Crippen MR) is 93.0 cm³/mol. The number of halogens is 2. The van der Waals surface area contributed by atoms with Crippen LogP contribution in [0.15, 0.2) is 40.9 Å². The van der Waals surface area contributed by atoms with Gasteiger partial charge < -0.3 is 10.6 Å². The average molecular weight is 443 g/mol. The van der Waals surface area contributed by atoms with Gasteiger partial charge in [0, 0.05) is 25.0 Å². The van der Waals surface area contributed by atoms with Gasteiger partial charge in [-0.3, -0.25) is 4.79 Å². The van der Waals surface area contributed by atoms with Crippen molar-refractivity contribution in [3.8, 4) is 0 Å². The second kappa shape index (κ2) is 5.37. The van der Waals surface area contributed by atoms with Gasteiger partial charge >= 0.3 is 0 Å². The van der Waals surface area contributed by atoms with Crippen LogP contribution in [0.2, 0.25) is 0 Å². The summed E-state index contributed by atoms with van der Waals surface area (Å²) in [5.74, 6) is -0.0255. The number of anilines is 2. The molecular weight excluding hydrogens is 431 g/mol. The summed E-state index contributed by atoms with van der Waals surface area (Å²) in [7, 11) is 0. The van der Waals surface area contributed by atoms with Crippen molar-refractivity contribution >= 4 is 55.8 Å². The fourth-order valence-corrected chi connectivity index (χ4v) is 3.37. The van der Waals surface area contributed by atoms with Crippen LogP contribution in [-0.2, 0) is 4.79 Å². The van der Waals surface area contributed by atoms with Gasteiger partial charge in [-0.15, -0.1) is 0 Å². The predicted octanol–water partition coefficient (Wildman–Crippen LogP) is 4.47. The van der Waals surface area contributed by atoms with Crippen LogP contribution in [-0.4, -0.2) is 5.91 Å². The van der Waals surface area contributed by atoms with Gasteiger partial charge in [-0.1, -0.05) is 28.1 Å². The molecule has 1 amide bonds. The van der Waals surface area contributed by atoms with E-state index >= 15 is 0 Å². The van der Waals surface area contributed by atoms with Crippen molar-refractivity contribution < 1.29 is 4.79 Å². The molecule has 3 nitrogen and oxygen atoms in total. The Kier molecular flexibility index (Phi) is 3.72. The molecule has 102 valence electrons. The number of fused-ring (bicyclic) bond motifs is 1. The van der Waals surface area contributed by atoms with Gasteiger partial charge in [0.25, 0.3) is 5.91 Å². The molecule has 0 spiro atoms. The smallest absolute Gasteiger partial charge is 0.251 e. The van der Waals surface area contributed by atoms with Crippen molar-refractivity contribution in [2.45, 2.75) is 13.0 Å². The zero-order valence-corrected chi connectivity index (χ0v) is 14.4. The van der Waals surface area contributed by atoms with Crippen molar-refractivity contribution in [3.63, 3.8) is 0 Å². The van der Waals surface area contributed by atoms with E-state index in [0.29, 0.717) is 0 Å². The molecule has 0 bridgehead atoms. The molecule has 2 aromatic carbocycles.